The summed E-state index contributed by atoms with van der Waals surface area (Å²) in [5.41, 5.74) is 2.80. The van der Waals surface area contributed by atoms with Crippen molar-refractivity contribution in [3.8, 4) is 0 Å². The van der Waals surface area contributed by atoms with Gasteiger partial charge in [-0.05, 0) is 37.1 Å². The van der Waals surface area contributed by atoms with E-state index in [4.69, 9.17) is 4.42 Å². The number of quaternary nitrogens is 1. The Bertz CT molecular complexity index is 675. The number of carbonyl (C=O) groups excluding carboxylic acids is 2. The first-order valence-electron chi connectivity index (χ1n) is 7.92. The van der Waals surface area contributed by atoms with E-state index in [9.17, 15) is 9.59 Å². The van der Waals surface area contributed by atoms with Crippen molar-refractivity contribution in [2.45, 2.75) is 20.4 Å². The molecule has 6 heteroatoms. The monoisotopic (exact) mass is 330 g/mol. The normalized spacial score (nSPS) is 11.8. The van der Waals surface area contributed by atoms with Crippen LogP contribution in [0.25, 0.3) is 0 Å². The first-order chi connectivity index (χ1) is 11.5. The topological polar surface area (TPSA) is 75.8 Å². The summed E-state index contributed by atoms with van der Waals surface area (Å²) in [6.07, 6.45) is 1.61. The molecule has 6 nitrogen and oxygen atoms in total. The predicted molar refractivity (Wildman–Crippen MR) is 91.7 cm³/mol. The van der Waals surface area contributed by atoms with Gasteiger partial charge < -0.3 is 20.0 Å². The number of furan rings is 1. The van der Waals surface area contributed by atoms with E-state index in [1.54, 1.807) is 6.26 Å². The second-order valence-electron chi connectivity index (χ2n) is 5.98. The van der Waals surface area contributed by atoms with Gasteiger partial charge in [0.25, 0.3) is 5.91 Å². The minimum atomic E-state index is -0.232. The fourth-order valence-electron chi connectivity index (χ4n) is 2.48. The number of hydrogen-bond acceptors (Lipinski definition) is 3. The van der Waals surface area contributed by atoms with E-state index < -0.39 is 0 Å². The third-order valence-electron chi connectivity index (χ3n) is 3.71. The largest absolute Gasteiger partial charge is 0.463 e. The minimum absolute atomic E-state index is 0.0410. The van der Waals surface area contributed by atoms with Crippen LogP contribution in [0.4, 0.5) is 5.69 Å². The maximum absolute atomic E-state index is 12.0. The Balaban J connectivity index is 1.76. The van der Waals surface area contributed by atoms with Gasteiger partial charge in [-0.15, -0.1) is 0 Å². The van der Waals surface area contributed by atoms with E-state index >= 15 is 0 Å². The lowest BCUT2D eigenvalue weighted by Crippen LogP contribution is -3.08. The van der Waals surface area contributed by atoms with Crippen molar-refractivity contribution in [2.75, 3.05) is 25.5 Å². The van der Waals surface area contributed by atoms with E-state index in [0.717, 1.165) is 27.5 Å². The van der Waals surface area contributed by atoms with Crippen LogP contribution in [0, 0.1) is 13.8 Å². The Morgan fingerprint density at radius 3 is 2.42 bits per heavy atom. The number of benzene rings is 1. The van der Waals surface area contributed by atoms with Crippen molar-refractivity contribution in [2.24, 2.45) is 0 Å². The highest BCUT2D eigenvalue weighted by molar-refractivity contribution is 5.95. The van der Waals surface area contributed by atoms with E-state index in [1.165, 1.54) is 0 Å². The molecular weight excluding hydrogens is 306 g/mol. The predicted octanol–water partition coefficient (Wildman–Crippen LogP) is 0.666. The average Bonchev–Trinajstić information content (AvgIpc) is 3.02. The Kier molecular flexibility index (Phi) is 6.14. The molecule has 0 fully saturated rings. The molecule has 2 amide bonds. The molecule has 2 aromatic rings. The summed E-state index contributed by atoms with van der Waals surface area (Å²) < 4.78 is 5.26. The molecule has 0 aliphatic carbocycles. The second-order valence-corrected chi connectivity index (χ2v) is 5.98. The molecule has 1 heterocycles. The molecule has 0 saturated heterocycles. The van der Waals surface area contributed by atoms with Gasteiger partial charge in [0.2, 0.25) is 5.91 Å². The van der Waals surface area contributed by atoms with Crippen molar-refractivity contribution in [3.63, 3.8) is 0 Å². The summed E-state index contributed by atoms with van der Waals surface area (Å²) >= 11 is 0. The fourth-order valence-corrected chi connectivity index (χ4v) is 2.48. The van der Waals surface area contributed by atoms with Crippen LogP contribution >= 0.6 is 0 Å². The van der Waals surface area contributed by atoms with Crippen LogP contribution in [0.2, 0.25) is 0 Å². The molecule has 1 aromatic heterocycles. The van der Waals surface area contributed by atoms with Crippen LogP contribution in [0.5, 0.6) is 0 Å². The summed E-state index contributed by atoms with van der Waals surface area (Å²) in [6, 6.07) is 9.52. The van der Waals surface area contributed by atoms with Crippen LogP contribution in [0.3, 0.4) is 0 Å². The second kappa shape index (κ2) is 8.31. The van der Waals surface area contributed by atoms with Gasteiger partial charge in [0.05, 0.1) is 19.9 Å². The first-order valence-corrected chi connectivity index (χ1v) is 7.92. The van der Waals surface area contributed by atoms with Crippen LogP contribution in [0.15, 0.2) is 41.0 Å². The summed E-state index contributed by atoms with van der Waals surface area (Å²) in [4.78, 5) is 24.9. The fraction of sp³-hybridized carbons (Fsp3) is 0.333. The zero-order valence-electron chi connectivity index (χ0n) is 14.3. The number of para-hydroxylation sites is 1. The molecule has 0 aliphatic rings. The lowest BCUT2D eigenvalue weighted by Gasteiger charge is -2.13. The molecule has 1 aromatic carbocycles. The van der Waals surface area contributed by atoms with Crippen LogP contribution < -0.4 is 15.5 Å². The van der Waals surface area contributed by atoms with Crippen LogP contribution in [-0.4, -0.2) is 32.0 Å². The Morgan fingerprint density at radius 1 is 1.08 bits per heavy atom. The number of hydrogen-bond donors (Lipinski definition) is 3. The molecule has 2 rings (SSSR count). The molecular formula is C18H24N3O3+. The standard InChI is InChI=1S/C18H23N3O3/c1-13-6-4-7-14(2)18(13)20-16(22)10-19-17(23)12-21(3)11-15-8-5-9-24-15/h4-9H,10-12H2,1-3H3,(H,19,23)(H,20,22)/p+1. The van der Waals surface area contributed by atoms with Crippen molar-refractivity contribution in [3.05, 3.63) is 53.5 Å². The van der Waals surface area contributed by atoms with Gasteiger partial charge in [-0.2, -0.15) is 0 Å². The van der Waals surface area contributed by atoms with E-state index in [1.807, 2.05) is 51.2 Å². The third-order valence-corrected chi connectivity index (χ3v) is 3.71. The molecule has 0 aliphatic heterocycles. The maximum atomic E-state index is 12.0. The number of likely N-dealkylation sites (N-methyl/N-ethyl adjacent to an activating group) is 1. The average molecular weight is 330 g/mol. The maximum Gasteiger partial charge on any atom is 0.275 e. The number of rotatable bonds is 7. The Hall–Kier alpha value is -2.60. The zero-order valence-corrected chi connectivity index (χ0v) is 14.3. The highest BCUT2D eigenvalue weighted by Crippen LogP contribution is 2.18. The number of nitrogens with one attached hydrogen (secondary N) is 3. The van der Waals surface area contributed by atoms with Gasteiger partial charge in [-0.3, -0.25) is 9.59 Å². The molecule has 0 spiro atoms. The van der Waals surface area contributed by atoms with Crippen molar-refractivity contribution >= 4 is 17.5 Å². The molecule has 3 N–H and O–H groups in total. The number of aryl methyl sites for hydroxylation is 2. The zero-order chi connectivity index (χ0) is 17.5. The lowest BCUT2D eigenvalue weighted by atomic mass is 10.1. The van der Waals surface area contributed by atoms with Gasteiger partial charge in [-0.25, -0.2) is 0 Å². The highest BCUT2D eigenvalue weighted by Gasteiger charge is 2.13. The van der Waals surface area contributed by atoms with E-state index in [2.05, 4.69) is 10.6 Å². The van der Waals surface area contributed by atoms with Crippen LogP contribution in [0.1, 0.15) is 16.9 Å². The molecule has 1 atom stereocenters. The Labute approximate surface area is 141 Å². The highest BCUT2D eigenvalue weighted by atomic mass is 16.3. The van der Waals surface area contributed by atoms with Gasteiger partial charge >= 0.3 is 0 Å². The van der Waals surface area contributed by atoms with Crippen molar-refractivity contribution in [1.29, 1.82) is 0 Å². The van der Waals surface area contributed by atoms with Gasteiger partial charge in [0.15, 0.2) is 12.3 Å². The summed E-state index contributed by atoms with van der Waals surface area (Å²) in [5.74, 6) is 0.424. The SMILES string of the molecule is Cc1cccc(C)c1NC(=O)CNC(=O)C[NH+](C)Cc1ccco1. The van der Waals surface area contributed by atoms with Crippen molar-refractivity contribution < 1.29 is 18.9 Å². The smallest absolute Gasteiger partial charge is 0.275 e. The quantitative estimate of drug-likeness (QED) is 0.698. The van der Waals surface area contributed by atoms with Gasteiger partial charge in [0.1, 0.15) is 6.54 Å². The number of carbonyl (C=O) groups is 2. The van der Waals surface area contributed by atoms with Crippen molar-refractivity contribution in [1.82, 2.24) is 5.32 Å². The van der Waals surface area contributed by atoms with E-state index in [-0.39, 0.29) is 24.9 Å². The van der Waals surface area contributed by atoms with E-state index in [0.29, 0.717) is 6.54 Å². The van der Waals surface area contributed by atoms with Gasteiger partial charge in [0, 0.05) is 5.69 Å². The number of amides is 2. The first kappa shape index (κ1) is 17.7. The molecule has 0 radical (unpaired) electrons. The molecule has 128 valence electrons. The third kappa shape index (κ3) is 5.24. The molecule has 0 saturated carbocycles. The number of anilines is 1. The summed E-state index contributed by atoms with van der Waals surface area (Å²) in [6.45, 7) is 4.73. The van der Waals surface area contributed by atoms with Crippen LogP contribution in [-0.2, 0) is 16.1 Å². The van der Waals surface area contributed by atoms with Gasteiger partial charge in [-0.1, -0.05) is 18.2 Å². The molecule has 24 heavy (non-hydrogen) atoms. The minimum Gasteiger partial charge on any atom is -0.463 e. The molecule has 1 unspecified atom stereocenters. The lowest BCUT2D eigenvalue weighted by molar-refractivity contribution is -0.886. The molecule has 0 bridgehead atoms. The Morgan fingerprint density at radius 2 is 1.79 bits per heavy atom. The summed E-state index contributed by atoms with van der Waals surface area (Å²) in [5, 5.41) is 5.50. The summed E-state index contributed by atoms with van der Waals surface area (Å²) in [7, 11) is 1.90.